The molecular formula is C19H21N3O3. The molecule has 0 unspecified atom stereocenters. The molecule has 1 fully saturated rings. The molecule has 25 heavy (non-hydrogen) atoms. The Hall–Kier alpha value is -2.78. The number of morpholine rings is 1. The van der Waals surface area contributed by atoms with Crippen molar-refractivity contribution in [2.75, 3.05) is 25.1 Å². The second-order valence-corrected chi connectivity index (χ2v) is 6.06. The van der Waals surface area contributed by atoms with Crippen molar-refractivity contribution >= 4 is 18.0 Å². The summed E-state index contributed by atoms with van der Waals surface area (Å²) < 4.78 is 16.9. The van der Waals surface area contributed by atoms with Crippen molar-refractivity contribution in [1.82, 2.24) is 4.98 Å². The summed E-state index contributed by atoms with van der Waals surface area (Å²) in [5, 5.41) is 9.39. The number of anilines is 1. The van der Waals surface area contributed by atoms with Gasteiger partial charge in [-0.15, -0.1) is 0 Å². The number of hydrogen-bond acceptors (Lipinski definition) is 6. The van der Waals surface area contributed by atoms with Gasteiger partial charge in [-0.1, -0.05) is 18.2 Å². The van der Waals surface area contributed by atoms with Crippen LogP contribution in [0.2, 0.25) is 0 Å². The number of methoxy groups -OCH3 is 1. The van der Waals surface area contributed by atoms with Gasteiger partial charge in [0.1, 0.15) is 11.8 Å². The summed E-state index contributed by atoms with van der Waals surface area (Å²) in [5.74, 6) is 1.66. The van der Waals surface area contributed by atoms with Gasteiger partial charge in [0.25, 0.3) is 0 Å². The summed E-state index contributed by atoms with van der Waals surface area (Å²) in [4.78, 5) is 6.31. The number of nitrogens with zero attached hydrogens (tertiary/aromatic N) is 3. The van der Waals surface area contributed by atoms with E-state index in [-0.39, 0.29) is 12.2 Å². The fourth-order valence-electron chi connectivity index (χ4n) is 3.00. The highest BCUT2D eigenvalue weighted by Crippen LogP contribution is 2.27. The minimum absolute atomic E-state index is 0.0768. The Bertz CT molecular complexity index is 796. The number of ether oxygens (including phenoxy) is 2. The quantitative estimate of drug-likeness (QED) is 0.851. The number of rotatable bonds is 4. The van der Waals surface area contributed by atoms with E-state index in [9.17, 15) is 5.26 Å². The summed E-state index contributed by atoms with van der Waals surface area (Å²) in [7, 11) is 1.63. The molecule has 130 valence electrons. The van der Waals surface area contributed by atoms with E-state index in [0.29, 0.717) is 30.6 Å². The number of para-hydroxylation sites is 1. The first-order chi connectivity index (χ1) is 12.1. The molecule has 0 saturated carbocycles. The Morgan fingerprint density at radius 3 is 2.64 bits per heavy atom. The molecule has 6 heteroatoms. The van der Waals surface area contributed by atoms with E-state index >= 15 is 0 Å². The van der Waals surface area contributed by atoms with E-state index in [1.807, 2.05) is 49.1 Å². The molecule has 2 atom stereocenters. The van der Waals surface area contributed by atoms with Crippen LogP contribution in [0.5, 0.6) is 5.75 Å². The SMILES string of the molecule is COc1ccccc1/C=C/c1nc(C#N)c(N2C[C@H](C)O[C@@H](C)C2)o1. The Morgan fingerprint density at radius 1 is 1.24 bits per heavy atom. The van der Waals surface area contributed by atoms with Crippen LogP contribution in [-0.2, 0) is 4.74 Å². The van der Waals surface area contributed by atoms with Crippen molar-refractivity contribution in [3.63, 3.8) is 0 Å². The largest absolute Gasteiger partial charge is 0.496 e. The van der Waals surface area contributed by atoms with Crippen LogP contribution in [0, 0.1) is 11.3 Å². The van der Waals surface area contributed by atoms with E-state index in [1.54, 1.807) is 13.2 Å². The zero-order chi connectivity index (χ0) is 17.8. The van der Waals surface area contributed by atoms with E-state index < -0.39 is 0 Å². The normalized spacial score (nSPS) is 20.6. The monoisotopic (exact) mass is 339 g/mol. The molecule has 1 aromatic heterocycles. The standard InChI is InChI=1S/C19H21N3O3/c1-13-11-22(12-14(2)24-13)19-16(10-20)21-18(25-19)9-8-15-6-4-5-7-17(15)23-3/h4-9,13-14H,11-12H2,1-3H3/b9-8+/t13-,14-/m0/s1. The van der Waals surface area contributed by atoms with Crippen molar-refractivity contribution in [2.24, 2.45) is 0 Å². The number of oxazole rings is 1. The first-order valence-electron chi connectivity index (χ1n) is 8.23. The Morgan fingerprint density at radius 2 is 1.96 bits per heavy atom. The number of hydrogen-bond donors (Lipinski definition) is 0. The predicted octanol–water partition coefficient (Wildman–Crippen LogP) is 3.34. The lowest BCUT2D eigenvalue weighted by atomic mass is 10.2. The van der Waals surface area contributed by atoms with Crippen molar-refractivity contribution in [2.45, 2.75) is 26.1 Å². The van der Waals surface area contributed by atoms with E-state index in [4.69, 9.17) is 13.9 Å². The van der Waals surface area contributed by atoms with Gasteiger partial charge in [0, 0.05) is 24.7 Å². The van der Waals surface area contributed by atoms with Crippen molar-refractivity contribution < 1.29 is 13.9 Å². The topological polar surface area (TPSA) is 71.5 Å². The Balaban J connectivity index is 1.86. The zero-order valence-electron chi connectivity index (χ0n) is 14.6. The van der Waals surface area contributed by atoms with Crippen LogP contribution in [-0.4, -0.2) is 37.4 Å². The maximum Gasteiger partial charge on any atom is 0.235 e. The predicted molar refractivity (Wildman–Crippen MR) is 95.4 cm³/mol. The average molecular weight is 339 g/mol. The molecule has 1 aromatic carbocycles. The molecule has 1 aliphatic rings. The van der Waals surface area contributed by atoms with Gasteiger partial charge in [-0.3, -0.25) is 0 Å². The van der Waals surface area contributed by atoms with Gasteiger partial charge >= 0.3 is 0 Å². The molecule has 1 aliphatic heterocycles. The van der Waals surface area contributed by atoms with Crippen LogP contribution >= 0.6 is 0 Å². The van der Waals surface area contributed by atoms with Crippen molar-refractivity contribution in [3.05, 3.63) is 41.4 Å². The highest BCUT2D eigenvalue weighted by molar-refractivity contribution is 5.70. The molecule has 0 amide bonds. The lowest BCUT2D eigenvalue weighted by Crippen LogP contribution is -2.45. The smallest absolute Gasteiger partial charge is 0.235 e. The first kappa shape index (κ1) is 17.1. The fraction of sp³-hybridized carbons (Fsp3) is 0.368. The minimum atomic E-state index is 0.0768. The second kappa shape index (κ2) is 7.41. The zero-order valence-corrected chi connectivity index (χ0v) is 14.6. The average Bonchev–Trinajstić information content (AvgIpc) is 3.03. The van der Waals surface area contributed by atoms with Crippen LogP contribution in [0.25, 0.3) is 12.2 Å². The number of benzene rings is 1. The molecular weight excluding hydrogens is 318 g/mol. The first-order valence-corrected chi connectivity index (χ1v) is 8.23. The van der Waals surface area contributed by atoms with Gasteiger partial charge in [0.15, 0.2) is 0 Å². The lowest BCUT2D eigenvalue weighted by Gasteiger charge is -2.34. The molecule has 0 spiro atoms. The van der Waals surface area contributed by atoms with Crippen molar-refractivity contribution in [1.29, 1.82) is 5.26 Å². The van der Waals surface area contributed by atoms with Crippen LogP contribution in [0.1, 0.15) is 31.0 Å². The third kappa shape index (κ3) is 3.83. The minimum Gasteiger partial charge on any atom is -0.496 e. The van der Waals surface area contributed by atoms with Gasteiger partial charge in [-0.25, -0.2) is 0 Å². The third-order valence-electron chi connectivity index (χ3n) is 3.98. The van der Waals surface area contributed by atoms with Crippen LogP contribution in [0.3, 0.4) is 0 Å². The summed E-state index contributed by atoms with van der Waals surface area (Å²) in [6, 6.07) is 9.79. The lowest BCUT2D eigenvalue weighted by molar-refractivity contribution is -0.00642. The number of nitriles is 1. The molecule has 1 saturated heterocycles. The van der Waals surface area contributed by atoms with E-state index in [1.165, 1.54) is 0 Å². The van der Waals surface area contributed by atoms with Gasteiger partial charge < -0.3 is 18.8 Å². The molecule has 0 radical (unpaired) electrons. The Kier molecular flexibility index (Phi) is 5.05. The van der Waals surface area contributed by atoms with Gasteiger partial charge in [-0.2, -0.15) is 10.2 Å². The van der Waals surface area contributed by atoms with Crippen LogP contribution < -0.4 is 9.64 Å². The molecule has 6 nitrogen and oxygen atoms in total. The van der Waals surface area contributed by atoms with Gasteiger partial charge in [0.05, 0.1) is 19.3 Å². The summed E-state index contributed by atoms with van der Waals surface area (Å²) in [5.41, 5.74) is 1.21. The van der Waals surface area contributed by atoms with Crippen LogP contribution in [0.4, 0.5) is 5.88 Å². The maximum atomic E-state index is 9.39. The molecule has 0 bridgehead atoms. The molecule has 0 aliphatic carbocycles. The van der Waals surface area contributed by atoms with E-state index in [2.05, 4.69) is 11.1 Å². The second-order valence-electron chi connectivity index (χ2n) is 6.06. The summed E-state index contributed by atoms with van der Waals surface area (Å²) in [6.45, 7) is 5.36. The van der Waals surface area contributed by atoms with Crippen molar-refractivity contribution in [3.8, 4) is 11.8 Å². The highest BCUT2D eigenvalue weighted by Gasteiger charge is 2.27. The molecule has 3 rings (SSSR count). The molecule has 2 aromatic rings. The molecule has 0 N–H and O–H groups in total. The maximum absolute atomic E-state index is 9.39. The molecule has 2 heterocycles. The number of aromatic nitrogens is 1. The Labute approximate surface area is 147 Å². The summed E-state index contributed by atoms with van der Waals surface area (Å²) in [6.07, 6.45) is 3.76. The van der Waals surface area contributed by atoms with Crippen LogP contribution in [0.15, 0.2) is 28.7 Å². The fourth-order valence-corrected chi connectivity index (χ4v) is 3.00. The van der Waals surface area contributed by atoms with Gasteiger partial charge in [0.2, 0.25) is 17.5 Å². The van der Waals surface area contributed by atoms with Gasteiger partial charge in [-0.05, 0) is 26.0 Å². The summed E-state index contributed by atoms with van der Waals surface area (Å²) >= 11 is 0. The van der Waals surface area contributed by atoms with E-state index in [0.717, 1.165) is 11.3 Å². The highest BCUT2D eigenvalue weighted by atomic mass is 16.5. The third-order valence-corrected chi connectivity index (χ3v) is 3.98.